The average molecular weight is 499 g/mol. The quantitative estimate of drug-likeness (QED) is 0.333. The number of carbonyl (C=O) groups is 1. The molecule has 188 valence electrons. The van der Waals surface area contributed by atoms with E-state index in [1.54, 1.807) is 17.7 Å². The van der Waals surface area contributed by atoms with Gasteiger partial charge in [-0.15, -0.1) is 0 Å². The number of aryl methyl sites for hydroxylation is 4. The van der Waals surface area contributed by atoms with E-state index in [0.29, 0.717) is 24.6 Å². The number of fused-ring (bicyclic) bond motifs is 1. The summed E-state index contributed by atoms with van der Waals surface area (Å²) < 4.78 is 10.6. The first-order valence-electron chi connectivity index (χ1n) is 11.8. The summed E-state index contributed by atoms with van der Waals surface area (Å²) in [6, 6.07) is 19.3. The van der Waals surface area contributed by atoms with Crippen LogP contribution in [0.1, 0.15) is 21.6 Å². The topological polar surface area (TPSA) is 106 Å². The van der Waals surface area contributed by atoms with Gasteiger partial charge in [0.1, 0.15) is 0 Å². The summed E-state index contributed by atoms with van der Waals surface area (Å²) in [6.45, 7) is 2.38. The number of aromatic nitrogens is 6. The largest absolute Gasteiger partial charge is 0.464 e. The standard InChI is InChI=1S/C27H26N6O4/c1-17-10-12-19(13-11-17)21-16-20(25(35)37-4)29-33(21)26-28-23-22(24(34)31(3)27(36)30(23)2)32(26)15-14-18-8-6-5-7-9-18/h5-13,16H,14-15H2,1-4H3. The molecule has 0 saturated carbocycles. The molecule has 0 atom stereocenters. The lowest BCUT2D eigenvalue weighted by molar-refractivity contribution is 0.0593. The molecule has 0 aliphatic rings. The molecular formula is C27H26N6O4. The second-order valence-corrected chi connectivity index (χ2v) is 8.86. The van der Waals surface area contributed by atoms with Crippen molar-refractivity contribution in [1.82, 2.24) is 28.5 Å². The van der Waals surface area contributed by atoms with Crippen molar-refractivity contribution in [3.8, 4) is 17.2 Å². The fourth-order valence-corrected chi connectivity index (χ4v) is 4.36. The Labute approximate surface area is 212 Å². The minimum absolute atomic E-state index is 0.0986. The first-order valence-corrected chi connectivity index (χ1v) is 11.8. The van der Waals surface area contributed by atoms with Gasteiger partial charge in [0.25, 0.3) is 5.56 Å². The van der Waals surface area contributed by atoms with Gasteiger partial charge in [0.05, 0.1) is 12.8 Å². The minimum atomic E-state index is -0.595. The number of benzene rings is 2. The zero-order valence-electron chi connectivity index (χ0n) is 21.0. The van der Waals surface area contributed by atoms with Crippen molar-refractivity contribution in [2.24, 2.45) is 14.1 Å². The first-order chi connectivity index (χ1) is 17.8. The highest BCUT2D eigenvalue weighted by Gasteiger charge is 2.25. The van der Waals surface area contributed by atoms with Crippen molar-refractivity contribution in [1.29, 1.82) is 0 Å². The molecule has 0 unspecified atom stereocenters. The van der Waals surface area contributed by atoms with Crippen LogP contribution >= 0.6 is 0 Å². The number of hydrogen-bond acceptors (Lipinski definition) is 6. The summed E-state index contributed by atoms with van der Waals surface area (Å²) in [5.74, 6) is -0.280. The van der Waals surface area contributed by atoms with Gasteiger partial charge in [0.2, 0.25) is 5.95 Å². The molecule has 0 radical (unpaired) electrons. The van der Waals surface area contributed by atoms with Crippen molar-refractivity contribution in [3.05, 3.63) is 98.3 Å². The Bertz CT molecular complexity index is 1740. The second kappa shape index (κ2) is 9.38. The monoisotopic (exact) mass is 498 g/mol. The molecule has 10 heteroatoms. The van der Waals surface area contributed by atoms with Gasteiger partial charge in [-0.1, -0.05) is 60.2 Å². The minimum Gasteiger partial charge on any atom is -0.464 e. The van der Waals surface area contributed by atoms with Crippen LogP contribution in [-0.4, -0.2) is 41.5 Å². The predicted octanol–water partition coefficient (Wildman–Crippen LogP) is 2.62. The number of imidazole rings is 1. The van der Waals surface area contributed by atoms with Crippen LogP contribution < -0.4 is 11.2 Å². The van der Waals surface area contributed by atoms with Crippen molar-refractivity contribution < 1.29 is 9.53 Å². The highest BCUT2D eigenvalue weighted by molar-refractivity contribution is 5.89. The van der Waals surface area contributed by atoms with Gasteiger partial charge in [-0.2, -0.15) is 14.8 Å². The van der Waals surface area contributed by atoms with E-state index in [2.05, 4.69) is 5.10 Å². The van der Waals surface area contributed by atoms with Crippen LogP contribution in [0.5, 0.6) is 0 Å². The fourth-order valence-electron chi connectivity index (χ4n) is 4.36. The maximum atomic E-state index is 13.3. The highest BCUT2D eigenvalue weighted by atomic mass is 16.5. The normalized spacial score (nSPS) is 11.2. The van der Waals surface area contributed by atoms with E-state index in [-0.39, 0.29) is 16.9 Å². The van der Waals surface area contributed by atoms with Crippen molar-refractivity contribution in [2.75, 3.05) is 7.11 Å². The zero-order chi connectivity index (χ0) is 26.3. The molecule has 3 heterocycles. The van der Waals surface area contributed by atoms with Gasteiger partial charge in [-0.25, -0.2) is 9.59 Å². The molecule has 0 saturated heterocycles. The number of ether oxygens (including phenoxy) is 1. The smallest absolute Gasteiger partial charge is 0.358 e. The lowest BCUT2D eigenvalue weighted by Crippen LogP contribution is -2.37. The summed E-state index contributed by atoms with van der Waals surface area (Å²) in [5.41, 5.74) is 3.23. The van der Waals surface area contributed by atoms with Crippen LogP contribution in [0.3, 0.4) is 0 Å². The van der Waals surface area contributed by atoms with Crippen LogP contribution in [0, 0.1) is 6.92 Å². The summed E-state index contributed by atoms with van der Waals surface area (Å²) in [7, 11) is 4.31. The maximum absolute atomic E-state index is 13.3. The van der Waals surface area contributed by atoms with Crippen LogP contribution in [0.25, 0.3) is 28.4 Å². The van der Waals surface area contributed by atoms with E-state index in [4.69, 9.17) is 9.72 Å². The van der Waals surface area contributed by atoms with Gasteiger partial charge in [-0.05, 0) is 25.0 Å². The molecule has 0 bridgehead atoms. The van der Waals surface area contributed by atoms with Gasteiger partial charge >= 0.3 is 11.7 Å². The lowest BCUT2D eigenvalue weighted by Gasteiger charge is -2.12. The summed E-state index contributed by atoms with van der Waals surface area (Å²) >= 11 is 0. The Hall–Kier alpha value is -4.73. The lowest BCUT2D eigenvalue weighted by atomic mass is 10.1. The molecule has 0 amide bonds. The van der Waals surface area contributed by atoms with E-state index in [0.717, 1.165) is 21.3 Å². The molecule has 0 N–H and O–H groups in total. The third-order valence-electron chi connectivity index (χ3n) is 6.44. The molecule has 0 fully saturated rings. The number of esters is 1. The zero-order valence-corrected chi connectivity index (χ0v) is 21.0. The van der Waals surface area contributed by atoms with E-state index < -0.39 is 17.2 Å². The molecule has 5 aromatic rings. The maximum Gasteiger partial charge on any atom is 0.358 e. The van der Waals surface area contributed by atoms with E-state index in [1.807, 2.05) is 61.5 Å². The summed E-state index contributed by atoms with van der Waals surface area (Å²) in [5, 5.41) is 4.53. The number of rotatable bonds is 6. The van der Waals surface area contributed by atoms with E-state index in [9.17, 15) is 14.4 Å². The van der Waals surface area contributed by atoms with Crippen LogP contribution in [-0.2, 0) is 31.8 Å². The number of hydrogen-bond donors (Lipinski definition) is 0. The molecule has 0 aliphatic carbocycles. The Morgan fingerprint density at radius 1 is 0.973 bits per heavy atom. The molecule has 0 spiro atoms. The van der Waals surface area contributed by atoms with Crippen LogP contribution in [0.2, 0.25) is 0 Å². The molecule has 5 rings (SSSR count). The number of methoxy groups -OCH3 is 1. The molecule has 0 aliphatic heterocycles. The van der Waals surface area contributed by atoms with Crippen LogP contribution in [0.15, 0.2) is 70.3 Å². The second-order valence-electron chi connectivity index (χ2n) is 8.86. The highest BCUT2D eigenvalue weighted by Crippen LogP contribution is 2.26. The third kappa shape index (κ3) is 4.16. The van der Waals surface area contributed by atoms with Gasteiger partial charge in [-0.3, -0.25) is 13.9 Å². The molecule has 3 aromatic heterocycles. The SMILES string of the molecule is COC(=O)c1cc(-c2ccc(C)cc2)n(-c2nc3c(c(=O)n(C)c(=O)n3C)n2CCc2ccccc2)n1. The Kier molecular flexibility index (Phi) is 6.08. The van der Waals surface area contributed by atoms with Gasteiger partial charge in [0.15, 0.2) is 16.9 Å². The third-order valence-corrected chi connectivity index (χ3v) is 6.44. The molecule has 37 heavy (non-hydrogen) atoms. The average Bonchev–Trinajstić information content (AvgIpc) is 3.52. The first kappa shape index (κ1) is 24.0. The molecule has 2 aromatic carbocycles. The summed E-state index contributed by atoms with van der Waals surface area (Å²) in [6.07, 6.45) is 0.607. The Morgan fingerprint density at radius 2 is 1.68 bits per heavy atom. The van der Waals surface area contributed by atoms with Crippen molar-refractivity contribution in [3.63, 3.8) is 0 Å². The Morgan fingerprint density at radius 3 is 2.35 bits per heavy atom. The number of carbonyl (C=O) groups excluding carboxylic acids is 1. The van der Waals surface area contributed by atoms with Gasteiger partial charge in [0, 0.05) is 26.2 Å². The number of nitrogens with zero attached hydrogens (tertiary/aromatic N) is 6. The van der Waals surface area contributed by atoms with Crippen molar-refractivity contribution in [2.45, 2.75) is 19.9 Å². The van der Waals surface area contributed by atoms with Gasteiger partial charge < -0.3 is 9.30 Å². The fraction of sp³-hybridized carbons (Fsp3) is 0.222. The molecular weight excluding hydrogens is 472 g/mol. The molecule has 10 nitrogen and oxygen atoms in total. The summed E-state index contributed by atoms with van der Waals surface area (Å²) in [4.78, 5) is 43.2. The van der Waals surface area contributed by atoms with Crippen LogP contribution in [0.4, 0.5) is 0 Å². The van der Waals surface area contributed by atoms with Crippen molar-refractivity contribution >= 4 is 17.1 Å². The van der Waals surface area contributed by atoms with E-state index >= 15 is 0 Å². The Balaban J connectivity index is 1.80. The predicted molar refractivity (Wildman–Crippen MR) is 139 cm³/mol. The van der Waals surface area contributed by atoms with E-state index in [1.165, 1.54) is 23.4 Å².